The molecule has 0 saturated heterocycles. The van der Waals surface area contributed by atoms with Crippen molar-refractivity contribution in [3.63, 3.8) is 0 Å². The van der Waals surface area contributed by atoms with E-state index in [0.29, 0.717) is 12.1 Å². The average molecular weight is 230 g/mol. The molecule has 1 aromatic rings. The number of benzene rings is 1. The van der Waals surface area contributed by atoms with Crippen molar-refractivity contribution in [3.05, 3.63) is 22.2 Å². The highest BCUT2D eigenvalue weighted by Crippen LogP contribution is 2.39. The largest absolute Gasteiger partial charge is 0.504 e. The lowest BCUT2D eigenvalue weighted by Crippen LogP contribution is -2.12. The predicted octanol–water partition coefficient (Wildman–Crippen LogP) is 2.02. The van der Waals surface area contributed by atoms with Gasteiger partial charge in [-0.15, -0.1) is 0 Å². The van der Waals surface area contributed by atoms with Crippen molar-refractivity contribution >= 4 is 17.5 Å². The molecule has 1 amide bonds. The number of amides is 1. The molecule has 0 unspecified atom stereocenters. The molecule has 82 valence electrons. The fraction of sp³-hybridized carbons (Fsp3) is 0.300. The number of carbonyl (C=O) groups excluding carboxylic acids is 1. The summed E-state index contributed by atoms with van der Waals surface area (Å²) in [6.07, 6.45) is 0. The molecule has 1 aliphatic heterocycles. The molecule has 3 N–H and O–H groups in total. The first-order chi connectivity index (χ1) is 7.11. The van der Waals surface area contributed by atoms with E-state index in [1.807, 2.05) is 13.8 Å². The van der Waals surface area contributed by atoms with E-state index in [0.717, 1.165) is 0 Å². The number of phenolic OH excluding ortho intramolecular Hbond substituents is 2. The Morgan fingerprint density at radius 2 is 2.00 bits per heavy atom. The van der Waals surface area contributed by atoms with E-state index < -0.39 is 5.75 Å². The van der Waals surface area contributed by atoms with Crippen LogP contribution >= 0.6 is 11.6 Å². The second-order valence-corrected chi connectivity index (χ2v) is 3.15. The van der Waals surface area contributed by atoms with Gasteiger partial charge in [-0.05, 0) is 11.6 Å². The van der Waals surface area contributed by atoms with Crippen molar-refractivity contribution in [2.24, 2.45) is 0 Å². The number of hydrogen-bond acceptors (Lipinski definition) is 3. The number of phenols is 2. The maximum atomic E-state index is 11.2. The Kier molecular flexibility index (Phi) is 3.42. The maximum absolute atomic E-state index is 11.2. The number of carbonyl (C=O) groups is 1. The van der Waals surface area contributed by atoms with E-state index in [2.05, 4.69) is 5.32 Å². The van der Waals surface area contributed by atoms with Gasteiger partial charge in [0.25, 0.3) is 5.91 Å². The predicted molar refractivity (Wildman–Crippen MR) is 57.3 cm³/mol. The van der Waals surface area contributed by atoms with Crippen LogP contribution in [-0.2, 0) is 6.54 Å². The van der Waals surface area contributed by atoms with Gasteiger partial charge < -0.3 is 15.5 Å². The van der Waals surface area contributed by atoms with Gasteiger partial charge in [-0.1, -0.05) is 25.4 Å². The van der Waals surface area contributed by atoms with Crippen LogP contribution in [0, 0.1) is 0 Å². The molecule has 0 saturated carbocycles. The first kappa shape index (κ1) is 11.7. The first-order valence-corrected chi connectivity index (χ1v) is 5.00. The number of halogens is 1. The van der Waals surface area contributed by atoms with Crippen LogP contribution in [0.5, 0.6) is 11.5 Å². The van der Waals surface area contributed by atoms with Crippen molar-refractivity contribution < 1.29 is 15.0 Å². The fourth-order valence-electron chi connectivity index (χ4n) is 1.33. The third kappa shape index (κ3) is 1.85. The van der Waals surface area contributed by atoms with Crippen molar-refractivity contribution in [2.75, 3.05) is 0 Å². The highest BCUT2D eigenvalue weighted by Gasteiger charge is 2.25. The lowest BCUT2D eigenvalue weighted by Gasteiger charge is -2.03. The van der Waals surface area contributed by atoms with Gasteiger partial charge in [0.1, 0.15) is 0 Å². The van der Waals surface area contributed by atoms with Crippen molar-refractivity contribution in [1.82, 2.24) is 5.32 Å². The molecule has 15 heavy (non-hydrogen) atoms. The molecule has 5 heteroatoms. The van der Waals surface area contributed by atoms with Crippen LogP contribution in [0.1, 0.15) is 29.8 Å². The number of hydrogen-bond donors (Lipinski definition) is 3. The Hall–Kier alpha value is -1.42. The van der Waals surface area contributed by atoms with Gasteiger partial charge in [-0.2, -0.15) is 0 Å². The van der Waals surface area contributed by atoms with Gasteiger partial charge in [0.15, 0.2) is 11.5 Å². The number of fused-ring (bicyclic) bond motifs is 1. The summed E-state index contributed by atoms with van der Waals surface area (Å²) in [6.45, 7) is 4.34. The van der Waals surface area contributed by atoms with E-state index in [-0.39, 0.29) is 22.2 Å². The highest BCUT2D eigenvalue weighted by atomic mass is 35.5. The summed E-state index contributed by atoms with van der Waals surface area (Å²) in [4.78, 5) is 11.2. The third-order valence-corrected chi connectivity index (χ3v) is 2.34. The number of rotatable bonds is 0. The molecule has 1 heterocycles. The summed E-state index contributed by atoms with van der Waals surface area (Å²) in [5.41, 5.74) is 0.849. The van der Waals surface area contributed by atoms with Gasteiger partial charge in [-0.25, -0.2) is 0 Å². The molecule has 0 fully saturated rings. The van der Waals surface area contributed by atoms with E-state index in [1.54, 1.807) is 0 Å². The van der Waals surface area contributed by atoms with Crippen molar-refractivity contribution in [3.8, 4) is 11.5 Å². The molecule has 0 atom stereocenters. The minimum Gasteiger partial charge on any atom is -0.504 e. The van der Waals surface area contributed by atoms with E-state index >= 15 is 0 Å². The molecule has 0 aliphatic carbocycles. The van der Waals surface area contributed by atoms with Crippen LogP contribution in [0.3, 0.4) is 0 Å². The Morgan fingerprint density at radius 1 is 1.40 bits per heavy atom. The normalized spacial score (nSPS) is 12.6. The summed E-state index contributed by atoms with van der Waals surface area (Å²) < 4.78 is 0. The standard InChI is InChI=1S/C8H6ClNO3.C2H6/c9-6-5-3(2-10-8(5)13)1-4(11)7(6)12;1-2/h1,11-12H,2H2,(H,10,13);1-2H3. The average Bonchev–Trinajstić information content (AvgIpc) is 2.60. The van der Waals surface area contributed by atoms with Crippen LogP contribution in [0.2, 0.25) is 5.02 Å². The maximum Gasteiger partial charge on any atom is 0.253 e. The van der Waals surface area contributed by atoms with Crippen LogP contribution in [0.4, 0.5) is 0 Å². The molecular weight excluding hydrogens is 218 g/mol. The monoisotopic (exact) mass is 229 g/mol. The minimum atomic E-state index is -0.447. The van der Waals surface area contributed by atoms with Crippen molar-refractivity contribution in [1.29, 1.82) is 0 Å². The quantitative estimate of drug-likeness (QED) is 0.596. The van der Waals surface area contributed by atoms with Crippen molar-refractivity contribution in [2.45, 2.75) is 20.4 Å². The van der Waals surface area contributed by atoms with Gasteiger partial charge in [0, 0.05) is 6.54 Å². The summed E-state index contributed by atoms with van der Waals surface area (Å²) >= 11 is 5.67. The van der Waals surface area contributed by atoms with Gasteiger partial charge in [0.2, 0.25) is 0 Å². The topological polar surface area (TPSA) is 69.6 Å². The zero-order chi connectivity index (χ0) is 11.6. The molecule has 1 aliphatic rings. The van der Waals surface area contributed by atoms with Crippen LogP contribution in [-0.4, -0.2) is 16.1 Å². The zero-order valence-electron chi connectivity index (χ0n) is 8.47. The van der Waals surface area contributed by atoms with Crippen LogP contribution in [0.25, 0.3) is 0 Å². The molecule has 0 aromatic heterocycles. The SMILES string of the molecule is CC.O=C1NCc2cc(O)c(O)c(Cl)c21. The first-order valence-electron chi connectivity index (χ1n) is 4.62. The molecule has 4 nitrogen and oxygen atoms in total. The Balaban J connectivity index is 0.000000531. The molecular formula is C10H12ClNO3. The highest BCUT2D eigenvalue weighted by molar-refractivity contribution is 6.36. The molecule has 1 aromatic carbocycles. The van der Waals surface area contributed by atoms with Crippen LogP contribution in [0.15, 0.2) is 6.07 Å². The Bertz CT molecular complexity index is 404. The lowest BCUT2D eigenvalue weighted by molar-refractivity contribution is 0.0965. The van der Waals surface area contributed by atoms with Gasteiger partial charge in [-0.3, -0.25) is 4.79 Å². The fourth-order valence-corrected chi connectivity index (χ4v) is 1.63. The van der Waals surface area contributed by atoms with E-state index in [9.17, 15) is 15.0 Å². The van der Waals surface area contributed by atoms with Gasteiger partial charge >= 0.3 is 0 Å². The van der Waals surface area contributed by atoms with Gasteiger partial charge in [0.05, 0.1) is 10.6 Å². The number of nitrogens with one attached hydrogen (secondary N) is 1. The molecule has 0 bridgehead atoms. The molecule has 0 spiro atoms. The summed E-state index contributed by atoms with van der Waals surface area (Å²) in [6, 6.07) is 1.33. The van der Waals surface area contributed by atoms with E-state index in [4.69, 9.17) is 11.6 Å². The van der Waals surface area contributed by atoms with Crippen LogP contribution < -0.4 is 5.32 Å². The van der Waals surface area contributed by atoms with E-state index in [1.165, 1.54) is 6.07 Å². The molecule has 2 rings (SSSR count). The molecule has 0 radical (unpaired) electrons. The Morgan fingerprint density at radius 3 is 2.60 bits per heavy atom. The minimum absolute atomic E-state index is 0.0926. The summed E-state index contributed by atoms with van der Waals surface area (Å²) in [7, 11) is 0. The summed E-state index contributed by atoms with van der Waals surface area (Å²) in [5.74, 6) is -1.08. The smallest absolute Gasteiger partial charge is 0.253 e. The second kappa shape index (κ2) is 4.40. The summed E-state index contributed by atoms with van der Waals surface area (Å²) in [5, 5.41) is 20.8. The zero-order valence-corrected chi connectivity index (χ0v) is 9.22. The lowest BCUT2D eigenvalue weighted by atomic mass is 10.1. The Labute approximate surface area is 92.5 Å². The second-order valence-electron chi connectivity index (χ2n) is 2.78. The third-order valence-electron chi connectivity index (χ3n) is 1.97. The number of aromatic hydroxyl groups is 2.